The zero-order valence-electron chi connectivity index (χ0n) is 15.8. The Balaban J connectivity index is 1.63. The number of aromatic nitrogens is 2. The molecular formula is C20H24N4O4. The lowest BCUT2D eigenvalue weighted by atomic mass is 9.98. The number of hydrogen-bond acceptors (Lipinski definition) is 5. The SMILES string of the molecule is CCOC(=O)C1CCCN(C(=O)Nc2cccc(Cn3cccnc3=O)c2)C1. The normalized spacial score (nSPS) is 16.5. The van der Waals surface area contributed by atoms with Gasteiger partial charge in [-0.05, 0) is 43.5 Å². The van der Waals surface area contributed by atoms with E-state index < -0.39 is 0 Å². The molecule has 1 atom stereocenters. The number of urea groups is 1. The third kappa shape index (κ3) is 4.97. The third-order valence-corrected chi connectivity index (χ3v) is 4.64. The molecule has 28 heavy (non-hydrogen) atoms. The first-order chi connectivity index (χ1) is 13.6. The van der Waals surface area contributed by atoms with Crippen molar-refractivity contribution in [3.8, 4) is 0 Å². The summed E-state index contributed by atoms with van der Waals surface area (Å²) in [6, 6.07) is 8.77. The second-order valence-corrected chi connectivity index (χ2v) is 6.70. The van der Waals surface area contributed by atoms with Gasteiger partial charge in [0.05, 0.1) is 19.1 Å². The van der Waals surface area contributed by atoms with E-state index >= 15 is 0 Å². The summed E-state index contributed by atoms with van der Waals surface area (Å²) in [5.74, 6) is -0.521. The Morgan fingerprint density at radius 2 is 2.18 bits per heavy atom. The predicted octanol–water partition coefficient (Wildman–Crippen LogP) is 2.10. The van der Waals surface area contributed by atoms with E-state index in [9.17, 15) is 14.4 Å². The van der Waals surface area contributed by atoms with Crippen molar-refractivity contribution in [2.24, 2.45) is 5.92 Å². The summed E-state index contributed by atoms with van der Waals surface area (Å²) in [5, 5.41) is 2.88. The Morgan fingerprint density at radius 3 is 2.96 bits per heavy atom. The van der Waals surface area contributed by atoms with Crippen molar-refractivity contribution in [1.82, 2.24) is 14.5 Å². The van der Waals surface area contributed by atoms with Crippen LogP contribution in [-0.2, 0) is 16.1 Å². The van der Waals surface area contributed by atoms with Gasteiger partial charge in [0.1, 0.15) is 0 Å². The van der Waals surface area contributed by atoms with Gasteiger partial charge in [-0.3, -0.25) is 9.36 Å². The Kier molecular flexibility index (Phi) is 6.41. The highest BCUT2D eigenvalue weighted by atomic mass is 16.5. The van der Waals surface area contributed by atoms with Crippen LogP contribution in [0, 0.1) is 5.92 Å². The van der Waals surface area contributed by atoms with Crippen molar-refractivity contribution in [3.05, 3.63) is 58.8 Å². The largest absolute Gasteiger partial charge is 0.466 e. The minimum absolute atomic E-state index is 0.246. The van der Waals surface area contributed by atoms with Crippen LogP contribution in [0.2, 0.25) is 0 Å². The maximum atomic E-state index is 12.6. The van der Waals surface area contributed by atoms with Crippen LogP contribution in [0.15, 0.2) is 47.5 Å². The molecule has 0 bridgehead atoms. The molecule has 8 heteroatoms. The average molecular weight is 384 g/mol. The second kappa shape index (κ2) is 9.16. The molecular weight excluding hydrogens is 360 g/mol. The van der Waals surface area contributed by atoms with E-state index in [0.717, 1.165) is 18.4 Å². The molecule has 0 radical (unpaired) electrons. The van der Waals surface area contributed by atoms with Gasteiger partial charge in [0.25, 0.3) is 0 Å². The van der Waals surface area contributed by atoms with E-state index in [0.29, 0.717) is 31.9 Å². The van der Waals surface area contributed by atoms with Crippen molar-refractivity contribution < 1.29 is 14.3 Å². The fourth-order valence-electron chi connectivity index (χ4n) is 3.27. The smallest absolute Gasteiger partial charge is 0.347 e. The molecule has 1 saturated heterocycles. The average Bonchev–Trinajstić information content (AvgIpc) is 2.70. The lowest BCUT2D eigenvalue weighted by molar-refractivity contribution is -0.149. The van der Waals surface area contributed by atoms with E-state index in [1.54, 1.807) is 30.2 Å². The van der Waals surface area contributed by atoms with Crippen LogP contribution >= 0.6 is 0 Å². The number of piperidine rings is 1. The number of esters is 1. The molecule has 1 N–H and O–H groups in total. The van der Waals surface area contributed by atoms with E-state index in [-0.39, 0.29) is 23.6 Å². The number of anilines is 1. The molecule has 2 aromatic rings. The van der Waals surface area contributed by atoms with Gasteiger partial charge >= 0.3 is 17.7 Å². The Labute approximate surface area is 163 Å². The standard InChI is InChI=1S/C20H24N4O4/c1-2-28-18(25)16-7-4-10-24(14-16)20(27)22-17-8-3-6-15(12-17)13-23-11-5-9-21-19(23)26/h3,5-6,8-9,11-12,16H,2,4,7,10,13-14H2,1H3,(H,22,27). The predicted molar refractivity (Wildman–Crippen MR) is 104 cm³/mol. The molecule has 8 nitrogen and oxygen atoms in total. The van der Waals surface area contributed by atoms with Gasteiger partial charge in [-0.2, -0.15) is 0 Å². The lowest BCUT2D eigenvalue weighted by Crippen LogP contribution is -2.44. The zero-order valence-corrected chi connectivity index (χ0v) is 15.8. The van der Waals surface area contributed by atoms with Crippen molar-refractivity contribution in [1.29, 1.82) is 0 Å². The number of nitrogens with one attached hydrogen (secondary N) is 1. The monoisotopic (exact) mass is 384 g/mol. The summed E-state index contributed by atoms with van der Waals surface area (Å²) >= 11 is 0. The number of hydrogen-bond donors (Lipinski definition) is 1. The number of carbonyl (C=O) groups is 2. The molecule has 1 aliphatic rings. The van der Waals surface area contributed by atoms with Crippen LogP contribution in [-0.4, -0.2) is 46.1 Å². The quantitative estimate of drug-likeness (QED) is 0.797. The molecule has 1 aliphatic heterocycles. The lowest BCUT2D eigenvalue weighted by Gasteiger charge is -2.31. The zero-order chi connectivity index (χ0) is 19.9. The fourth-order valence-corrected chi connectivity index (χ4v) is 3.27. The molecule has 2 heterocycles. The molecule has 0 aliphatic carbocycles. The van der Waals surface area contributed by atoms with Crippen LogP contribution in [0.25, 0.3) is 0 Å². The summed E-state index contributed by atoms with van der Waals surface area (Å²) in [5.41, 5.74) is 1.18. The highest BCUT2D eigenvalue weighted by Gasteiger charge is 2.29. The Bertz CT molecular complexity index is 896. The number of ether oxygens (including phenoxy) is 1. The number of nitrogens with zero attached hydrogens (tertiary/aromatic N) is 3. The van der Waals surface area contributed by atoms with Crippen molar-refractivity contribution >= 4 is 17.7 Å². The molecule has 3 rings (SSSR count). The fraction of sp³-hybridized carbons (Fsp3) is 0.400. The van der Waals surface area contributed by atoms with Crippen molar-refractivity contribution in [2.75, 3.05) is 25.0 Å². The van der Waals surface area contributed by atoms with E-state index in [1.165, 1.54) is 10.8 Å². The molecule has 148 valence electrons. The first-order valence-electron chi connectivity index (χ1n) is 9.39. The van der Waals surface area contributed by atoms with Crippen LogP contribution in [0.3, 0.4) is 0 Å². The molecule has 2 amide bonds. The molecule has 1 aromatic carbocycles. The van der Waals surface area contributed by atoms with Crippen LogP contribution < -0.4 is 11.0 Å². The van der Waals surface area contributed by atoms with Crippen LogP contribution in [0.5, 0.6) is 0 Å². The first kappa shape index (κ1) is 19.6. The Morgan fingerprint density at radius 1 is 1.32 bits per heavy atom. The second-order valence-electron chi connectivity index (χ2n) is 6.70. The minimum atomic E-state index is -0.324. The number of rotatable bonds is 5. The first-order valence-corrected chi connectivity index (χ1v) is 9.39. The van der Waals surface area contributed by atoms with Gasteiger partial charge in [0.15, 0.2) is 0 Å². The summed E-state index contributed by atoms with van der Waals surface area (Å²) in [4.78, 5) is 41.7. The van der Waals surface area contributed by atoms with E-state index in [2.05, 4.69) is 10.3 Å². The van der Waals surface area contributed by atoms with Gasteiger partial charge in [-0.1, -0.05) is 12.1 Å². The number of likely N-dealkylation sites (tertiary alicyclic amines) is 1. The highest BCUT2D eigenvalue weighted by molar-refractivity contribution is 5.90. The number of amides is 2. The third-order valence-electron chi connectivity index (χ3n) is 4.64. The van der Waals surface area contributed by atoms with E-state index in [4.69, 9.17) is 4.74 Å². The highest BCUT2D eigenvalue weighted by Crippen LogP contribution is 2.19. The van der Waals surface area contributed by atoms with Gasteiger partial charge in [0.2, 0.25) is 0 Å². The molecule has 0 spiro atoms. The van der Waals surface area contributed by atoms with Crippen molar-refractivity contribution in [2.45, 2.75) is 26.3 Å². The van der Waals surface area contributed by atoms with Crippen LogP contribution in [0.1, 0.15) is 25.3 Å². The molecule has 0 saturated carbocycles. The Hall–Kier alpha value is -3.16. The van der Waals surface area contributed by atoms with Crippen LogP contribution in [0.4, 0.5) is 10.5 Å². The van der Waals surface area contributed by atoms with Crippen molar-refractivity contribution in [3.63, 3.8) is 0 Å². The number of carbonyl (C=O) groups excluding carboxylic acids is 2. The summed E-state index contributed by atoms with van der Waals surface area (Å²) in [6.07, 6.45) is 4.63. The maximum Gasteiger partial charge on any atom is 0.347 e. The summed E-state index contributed by atoms with van der Waals surface area (Å²) < 4.78 is 6.57. The molecule has 1 fully saturated rings. The maximum absolute atomic E-state index is 12.6. The molecule has 1 unspecified atom stereocenters. The number of benzene rings is 1. The summed E-state index contributed by atoms with van der Waals surface area (Å²) in [6.45, 7) is 3.44. The van der Waals surface area contributed by atoms with E-state index in [1.807, 2.05) is 18.2 Å². The minimum Gasteiger partial charge on any atom is -0.466 e. The van der Waals surface area contributed by atoms with Gasteiger partial charge in [-0.25, -0.2) is 14.6 Å². The summed E-state index contributed by atoms with van der Waals surface area (Å²) in [7, 11) is 0. The van der Waals surface area contributed by atoms with Gasteiger partial charge in [0, 0.05) is 31.2 Å². The van der Waals surface area contributed by atoms with Gasteiger partial charge < -0.3 is 15.0 Å². The topological polar surface area (TPSA) is 93.5 Å². The molecule has 1 aromatic heterocycles. The van der Waals surface area contributed by atoms with Gasteiger partial charge in [-0.15, -0.1) is 0 Å².